The van der Waals surface area contributed by atoms with Crippen LogP contribution in [0.3, 0.4) is 0 Å². The van der Waals surface area contributed by atoms with E-state index in [0.29, 0.717) is 10.6 Å². The molecule has 0 saturated carbocycles. The van der Waals surface area contributed by atoms with Crippen molar-refractivity contribution in [3.8, 4) is 6.07 Å². The number of rotatable bonds is 7. The van der Waals surface area contributed by atoms with E-state index in [1.54, 1.807) is 12.1 Å². The van der Waals surface area contributed by atoms with Crippen molar-refractivity contribution in [2.75, 3.05) is 23.9 Å². The third-order valence-corrected chi connectivity index (χ3v) is 3.37. The minimum Gasteiger partial charge on any atom is -0.384 e. The molecule has 2 nitrogen and oxygen atoms in total. The first-order chi connectivity index (χ1) is 8.27. The summed E-state index contributed by atoms with van der Waals surface area (Å²) >= 11 is 7.79. The summed E-state index contributed by atoms with van der Waals surface area (Å²) in [4.78, 5) is 0. The van der Waals surface area contributed by atoms with Gasteiger partial charge in [0, 0.05) is 11.6 Å². The molecule has 92 valence electrons. The molecule has 0 aliphatic rings. The second-order valence-corrected chi connectivity index (χ2v) is 5.20. The highest BCUT2D eigenvalue weighted by Gasteiger charge is 2.01. The first-order valence-electron chi connectivity index (χ1n) is 5.70. The maximum absolute atomic E-state index is 8.95. The largest absolute Gasteiger partial charge is 0.384 e. The Balaban J connectivity index is 2.36. The van der Waals surface area contributed by atoms with E-state index in [-0.39, 0.29) is 0 Å². The summed E-state index contributed by atoms with van der Waals surface area (Å²) in [5, 5.41) is 12.9. The van der Waals surface area contributed by atoms with Crippen LogP contribution in [0.5, 0.6) is 0 Å². The third kappa shape index (κ3) is 5.34. The van der Waals surface area contributed by atoms with Crippen LogP contribution >= 0.6 is 23.4 Å². The number of nitrogens with zero attached hydrogens (tertiary/aromatic N) is 1. The molecular formula is C13H17ClN2S. The summed E-state index contributed by atoms with van der Waals surface area (Å²) in [6.07, 6.45) is 5.72. The summed E-state index contributed by atoms with van der Waals surface area (Å²) in [7, 11) is 0. The molecule has 0 bridgehead atoms. The molecule has 0 atom stereocenters. The first kappa shape index (κ1) is 14.2. The Labute approximate surface area is 112 Å². The third-order valence-electron chi connectivity index (χ3n) is 2.44. The molecule has 0 heterocycles. The zero-order valence-corrected chi connectivity index (χ0v) is 11.6. The molecule has 0 fully saturated rings. The fourth-order valence-electron chi connectivity index (χ4n) is 1.53. The zero-order chi connectivity index (χ0) is 12.5. The summed E-state index contributed by atoms with van der Waals surface area (Å²) in [5.74, 6) is 1.22. The predicted octanol–water partition coefficient (Wildman–Crippen LogP) is 4.16. The van der Waals surface area contributed by atoms with Crippen LogP contribution in [0.2, 0.25) is 5.02 Å². The number of hydrogen-bond donors (Lipinski definition) is 1. The minimum atomic E-state index is 0.651. The number of nitrogens with one attached hydrogen (secondary N) is 1. The van der Waals surface area contributed by atoms with Crippen LogP contribution < -0.4 is 5.32 Å². The predicted molar refractivity (Wildman–Crippen MR) is 76.9 cm³/mol. The Morgan fingerprint density at radius 2 is 2.18 bits per heavy atom. The lowest BCUT2D eigenvalue weighted by molar-refractivity contribution is 0.749. The normalized spacial score (nSPS) is 9.94. The van der Waals surface area contributed by atoms with Crippen LogP contribution in [-0.4, -0.2) is 18.6 Å². The van der Waals surface area contributed by atoms with Crippen LogP contribution in [-0.2, 0) is 0 Å². The van der Waals surface area contributed by atoms with Gasteiger partial charge >= 0.3 is 0 Å². The summed E-state index contributed by atoms with van der Waals surface area (Å²) in [6.45, 7) is 0.892. The number of hydrogen-bond acceptors (Lipinski definition) is 3. The van der Waals surface area contributed by atoms with Gasteiger partial charge in [-0.25, -0.2) is 0 Å². The molecule has 1 aromatic carbocycles. The second-order valence-electron chi connectivity index (χ2n) is 3.78. The van der Waals surface area contributed by atoms with E-state index in [2.05, 4.69) is 17.6 Å². The van der Waals surface area contributed by atoms with Gasteiger partial charge in [-0.2, -0.15) is 17.0 Å². The van der Waals surface area contributed by atoms with Crippen molar-refractivity contribution in [1.82, 2.24) is 0 Å². The maximum Gasteiger partial charge on any atom is 0.101 e. The molecule has 0 aliphatic carbocycles. The number of anilines is 1. The number of benzene rings is 1. The average molecular weight is 269 g/mol. The van der Waals surface area contributed by atoms with Crippen LogP contribution in [0.1, 0.15) is 24.8 Å². The molecule has 1 rings (SSSR count). The lowest BCUT2D eigenvalue weighted by Gasteiger charge is -2.08. The van der Waals surface area contributed by atoms with Gasteiger partial charge in [-0.05, 0) is 43.0 Å². The molecule has 0 amide bonds. The smallest absolute Gasteiger partial charge is 0.101 e. The average Bonchev–Trinajstić information content (AvgIpc) is 2.34. The topological polar surface area (TPSA) is 35.8 Å². The van der Waals surface area contributed by atoms with Crippen molar-refractivity contribution in [3.63, 3.8) is 0 Å². The summed E-state index contributed by atoms with van der Waals surface area (Å²) < 4.78 is 0. The van der Waals surface area contributed by atoms with Gasteiger partial charge in [-0.1, -0.05) is 18.0 Å². The Hall–Kier alpha value is -0.850. The van der Waals surface area contributed by atoms with Crippen LogP contribution in [0.4, 0.5) is 5.69 Å². The number of thioether (sulfide) groups is 1. The van der Waals surface area contributed by atoms with Gasteiger partial charge in [0.05, 0.1) is 11.3 Å². The highest BCUT2D eigenvalue weighted by Crippen LogP contribution is 2.20. The van der Waals surface area contributed by atoms with E-state index >= 15 is 0 Å². The molecule has 1 N–H and O–H groups in total. The van der Waals surface area contributed by atoms with Gasteiger partial charge in [0.25, 0.3) is 0 Å². The van der Waals surface area contributed by atoms with Gasteiger partial charge < -0.3 is 5.32 Å². The number of unbranched alkanes of at least 4 members (excludes halogenated alkanes) is 2. The SMILES string of the molecule is CSCCCCCNc1cc(Cl)ccc1C#N. The summed E-state index contributed by atoms with van der Waals surface area (Å²) in [5.41, 5.74) is 1.49. The van der Waals surface area contributed by atoms with Crippen molar-refractivity contribution in [2.24, 2.45) is 0 Å². The van der Waals surface area contributed by atoms with Crippen molar-refractivity contribution in [3.05, 3.63) is 28.8 Å². The van der Waals surface area contributed by atoms with Crippen LogP contribution in [0, 0.1) is 11.3 Å². The molecule has 0 unspecified atom stereocenters. The Morgan fingerprint density at radius 1 is 1.35 bits per heavy atom. The molecule has 0 saturated heterocycles. The number of nitriles is 1. The quantitative estimate of drug-likeness (QED) is 0.755. The Bertz CT molecular complexity index is 387. The van der Waals surface area contributed by atoms with E-state index in [1.807, 2.05) is 17.8 Å². The monoisotopic (exact) mass is 268 g/mol. The standard InChI is InChI=1S/C13H17ClN2S/c1-17-8-4-2-3-7-16-13-9-12(14)6-5-11(13)10-15/h5-6,9,16H,2-4,7-8H2,1H3. The maximum atomic E-state index is 8.95. The molecule has 0 spiro atoms. The van der Waals surface area contributed by atoms with Crippen molar-refractivity contribution in [1.29, 1.82) is 5.26 Å². The van der Waals surface area contributed by atoms with E-state index < -0.39 is 0 Å². The molecule has 1 aromatic rings. The van der Waals surface area contributed by atoms with Gasteiger partial charge in [-0.3, -0.25) is 0 Å². The summed E-state index contributed by atoms with van der Waals surface area (Å²) in [6, 6.07) is 7.46. The van der Waals surface area contributed by atoms with Gasteiger partial charge in [0.1, 0.15) is 6.07 Å². The van der Waals surface area contributed by atoms with E-state index in [9.17, 15) is 0 Å². The fourth-order valence-corrected chi connectivity index (χ4v) is 2.20. The van der Waals surface area contributed by atoms with Gasteiger partial charge in [0.15, 0.2) is 0 Å². The zero-order valence-electron chi connectivity index (χ0n) is 10.0. The van der Waals surface area contributed by atoms with Crippen LogP contribution in [0.15, 0.2) is 18.2 Å². The lowest BCUT2D eigenvalue weighted by atomic mass is 10.2. The van der Waals surface area contributed by atoms with E-state index in [1.165, 1.54) is 18.6 Å². The molecule has 0 aliphatic heterocycles. The van der Waals surface area contributed by atoms with Crippen molar-refractivity contribution >= 4 is 29.1 Å². The molecule has 4 heteroatoms. The Morgan fingerprint density at radius 3 is 2.88 bits per heavy atom. The molecule has 17 heavy (non-hydrogen) atoms. The Kier molecular flexibility index (Phi) is 6.91. The first-order valence-corrected chi connectivity index (χ1v) is 7.47. The lowest BCUT2D eigenvalue weighted by Crippen LogP contribution is -2.03. The fraction of sp³-hybridized carbons (Fsp3) is 0.462. The van der Waals surface area contributed by atoms with E-state index in [0.717, 1.165) is 18.7 Å². The molecular weight excluding hydrogens is 252 g/mol. The van der Waals surface area contributed by atoms with Crippen molar-refractivity contribution in [2.45, 2.75) is 19.3 Å². The van der Waals surface area contributed by atoms with Gasteiger partial charge in [0.2, 0.25) is 0 Å². The second kappa shape index (κ2) is 8.27. The molecule has 0 radical (unpaired) electrons. The van der Waals surface area contributed by atoms with E-state index in [4.69, 9.17) is 16.9 Å². The molecule has 0 aromatic heterocycles. The highest BCUT2D eigenvalue weighted by molar-refractivity contribution is 7.98. The number of halogens is 1. The van der Waals surface area contributed by atoms with Crippen molar-refractivity contribution < 1.29 is 0 Å². The minimum absolute atomic E-state index is 0.651. The van der Waals surface area contributed by atoms with Gasteiger partial charge in [-0.15, -0.1) is 0 Å². The highest BCUT2D eigenvalue weighted by atomic mass is 35.5. The van der Waals surface area contributed by atoms with Crippen LogP contribution in [0.25, 0.3) is 0 Å².